The lowest BCUT2D eigenvalue weighted by Gasteiger charge is -2.16. The molecule has 0 aliphatic heterocycles. The zero-order valence-corrected chi connectivity index (χ0v) is 12.3. The SMILES string of the molecule is Cc1ncc(S(=O)(=O)N(C)Cc2cc(C#N)ccc2F)[nH]1. The third-order valence-electron chi connectivity index (χ3n) is 2.94. The van der Waals surface area contributed by atoms with Gasteiger partial charge in [0.2, 0.25) is 0 Å². The Labute approximate surface area is 121 Å². The summed E-state index contributed by atoms with van der Waals surface area (Å²) in [4.78, 5) is 6.47. The first-order valence-corrected chi connectivity index (χ1v) is 7.45. The number of hydrogen-bond donors (Lipinski definition) is 1. The van der Waals surface area contributed by atoms with E-state index in [0.29, 0.717) is 5.82 Å². The first-order valence-electron chi connectivity index (χ1n) is 6.01. The Morgan fingerprint density at radius 3 is 2.76 bits per heavy atom. The molecule has 0 saturated heterocycles. The Balaban J connectivity index is 2.30. The van der Waals surface area contributed by atoms with Gasteiger partial charge in [-0.2, -0.15) is 9.57 Å². The van der Waals surface area contributed by atoms with Crippen molar-refractivity contribution in [3.05, 3.63) is 47.2 Å². The molecule has 8 heteroatoms. The first-order chi connectivity index (χ1) is 9.84. The van der Waals surface area contributed by atoms with Gasteiger partial charge in [0.1, 0.15) is 11.6 Å². The number of nitrogens with zero attached hydrogens (tertiary/aromatic N) is 3. The highest BCUT2D eigenvalue weighted by Gasteiger charge is 2.23. The fourth-order valence-electron chi connectivity index (χ4n) is 1.79. The summed E-state index contributed by atoms with van der Waals surface area (Å²) in [5.74, 6) is -0.0866. The highest BCUT2D eigenvalue weighted by atomic mass is 32.2. The van der Waals surface area contributed by atoms with Gasteiger partial charge in [-0.3, -0.25) is 0 Å². The zero-order chi connectivity index (χ0) is 15.6. The highest BCUT2D eigenvalue weighted by molar-refractivity contribution is 7.89. The van der Waals surface area contributed by atoms with Gasteiger partial charge >= 0.3 is 0 Å². The van der Waals surface area contributed by atoms with E-state index < -0.39 is 15.8 Å². The molecule has 0 radical (unpaired) electrons. The molecule has 21 heavy (non-hydrogen) atoms. The third kappa shape index (κ3) is 3.09. The number of aromatic nitrogens is 2. The molecule has 0 aliphatic carbocycles. The van der Waals surface area contributed by atoms with Crippen molar-refractivity contribution in [1.29, 1.82) is 5.26 Å². The maximum absolute atomic E-state index is 13.7. The van der Waals surface area contributed by atoms with Crippen LogP contribution in [0.4, 0.5) is 4.39 Å². The van der Waals surface area contributed by atoms with Crippen molar-refractivity contribution >= 4 is 10.0 Å². The average Bonchev–Trinajstić information content (AvgIpc) is 2.88. The van der Waals surface area contributed by atoms with Gasteiger partial charge in [-0.15, -0.1) is 0 Å². The van der Waals surface area contributed by atoms with Crippen molar-refractivity contribution in [3.8, 4) is 6.07 Å². The molecule has 0 unspecified atom stereocenters. The molecule has 0 atom stereocenters. The Bertz CT molecular complexity index is 808. The Hall–Kier alpha value is -2.24. The van der Waals surface area contributed by atoms with Crippen LogP contribution in [0.1, 0.15) is 17.0 Å². The van der Waals surface area contributed by atoms with Gasteiger partial charge < -0.3 is 4.98 Å². The summed E-state index contributed by atoms with van der Waals surface area (Å²) >= 11 is 0. The van der Waals surface area contributed by atoms with E-state index in [9.17, 15) is 12.8 Å². The third-order valence-corrected chi connectivity index (χ3v) is 4.65. The summed E-state index contributed by atoms with van der Waals surface area (Å²) in [6, 6.07) is 5.71. The van der Waals surface area contributed by atoms with Gasteiger partial charge in [-0.25, -0.2) is 17.8 Å². The van der Waals surface area contributed by atoms with E-state index in [-0.39, 0.29) is 22.7 Å². The van der Waals surface area contributed by atoms with E-state index in [4.69, 9.17) is 5.26 Å². The number of imidazole rings is 1. The molecular weight excluding hydrogens is 295 g/mol. The van der Waals surface area contributed by atoms with E-state index in [1.54, 1.807) is 6.92 Å². The van der Waals surface area contributed by atoms with Crippen LogP contribution in [-0.4, -0.2) is 29.7 Å². The van der Waals surface area contributed by atoms with Crippen LogP contribution in [0.5, 0.6) is 0 Å². The zero-order valence-electron chi connectivity index (χ0n) is 11.5. The molecule has 2 aromatic rings. The van der Waals surface area contributed by atoms with Gasteiger partial charge in [0.05, 0.1) is 17.8 Å². The van der Waals surface area contributed by atoms with Gasteiger partial charge in [0.15, 0.2) is 5.03 Å². The van der Waals surface area contributed by atoms with E-state index in [1.165, 1.54) is 25.4 Å². The molecule has 1 aromatic carbocycles. The minimum absolute atomic E-state index is 0.0562. The second-order valence-corrected chi connectivity index (χ2v) is 6.53. The van der Waals surface area contributed by atoms with E-state index in [1.807, 2.05) is 6.07 Å². The van der Waals surface area contributed by atoms with Crippen LogP contribution in [0.2, 0.25) is 0 Å². The molecule has 0 spiro atoms. The second-order valence-electron chi connectivity index (χ2n) is 4.51. The van der Waals surface area contributed by atoms with Crippen LogP contribution >= 0.6 is 0 Å². The molecule has 1 N–H and O–H groups in total. The summed E-state index contributed by atoms with van der Waals surface area (Å²) in [7, 11) is -2.45. The Morgan fingerprint density at radius 1 is 1.48 bits per heavy atom. The van der Waals surface area contributed by atoms with Crippen molar-refractivity contribution in [3.63, 3.8) is 0 Å². The maximum atomic E-state index is 13.7. The molecule has 0 saturated carbocycles. The van der Waals surface area contributed by atoms with Crippen LogP contribution in [0.25, 0.3) is 0 Å². The largest absolute Gasteiger partial charge is 0.332 e. The van der Waals surface area contributed by atoms with Crippen LogP contribution in [-0.2, 0) is 16.6 Å². The molecule has 2 rings (SSSR count). The quantitative estimate of drug-likeness (QED) is 0.928. The van der Waals surface area contributed by atoms with Crippen molar-refractivity contribution < 1.29 is 12.8 Å². The molecule has 0 aliphatic rings. The lowest BCUT2D eigenvalue weighted by atomic mass is 10.1. The number of nitriles is 1. The fraction of sp³-hybridized carbons (Fsp3) is 0.231. The second kappa shape index (κ2) is 5.63. The number of aromatic amines is 1. The summed E-state index contributed by atoms with van der Waals surface area (Å²) in [5, 5.41) is 8.75. The van der Waals surface area contributed by atoms with E-state index >= 15 is 0 Å². The topological polar surface area (TPSA) is 89.8 Å². The normalized spacial score (nSPS) is 11.6. The number of H-pyrrole nitrogens is 1. The molecule has 6 nitrogen and oxygen atoms in total. The van der Waals surface area contributed by atoms with Gasteiger partial charge in [0.25, 0.3) is 10.0 Å². The van der Waals surface area contributed by atoms with Crippen molar-refractivity contribution in [2.75, 3.05) is 7.05 Å². The van der Waals surface area contributed by atoms with Crippen LogP contribution in [0.15, 0.2) is 29.4 Å². The number of hydrogen-bond acceptors (Lipinski definition) is 4. The highest BCUT2D eigenvalue weighted by Crippen LogP contribution is 2.17. The van der Waals surface area contributed by atoms with Crippen molar-refractivity contribution in [1.82, 2.24) is 14.3 Å². The summed E-state index contributed by atoms with van der Waals surface area (Å²) in [5.41, 5.74) is 0.408. The first kappa shape index (κ1) is 15.2. The standard InChI is InChI=1S/C13H13FN4O2S/c1-9-16-7-13(17-9)21(19,20)18(2)8-11-5-10(6-15)3-4-12(11)14/h3-5,7H,8H2,1-2H3,(H,16,17). The summed E-state index contributed by atoms with van der Waals surface area (Å²) in [6.45, 7) is 1.46. The smallest absolute Gasteiger partial charge is 0.260 e. The maximum Gasteiger partial charge on any atom is 0.260 e. The molecule has 1 aromatic heterocycles. The molecule has 0 bridgehead atoms. The molecule has 1 heterocycles. The van der Waals surface area contributed by atoms with E-state index in [2.05, 4.69) is 9.97 Å². The molecule has 110 valence electrons. The lowest BCUT2D eigenvalue weighted by Crippen LogP contribution is -2.27. The summed E-state index contributed by atoms with van der Waals surface area (Å²) in [6.07, 6.45) is 1.21. The lowest BCUT2D eigenvalue weighted by molar-refractivity contribution is 0.454. The van der Waals surface area contributed by atoms with Gasteiger partial charge in [0, 0.05) is 19.2 Å². The number of rotatable bonds is 4. The molecule has 0 amide bonds. The Morgan fingerprint density at radius 2 is 2.19 bits per heavy atom. The number of nitrogens with one attached hydrogen (secondary N) is 1. The van der Waals surface area contributed by atoms with Crippen LogP contribution in [0, 0.1) is 24.1 Å². The molecule has 0 fully saturated rings. The van der Waals surface area contributed by atoms with E-state index in [0.717, 1.165) is 10.4 Å². The predicted molar refractivity (Wildman–Crippen MR) is 73.1 cm³/mol. The summed E-state index contributed by atoms with van der Waals surface area (Å²) < 4.78 is 39.3. The minimum Gasteiger partial charge on any atom is -0.332 e. The van der Waals surface area contributed by atoms with Gasteiger partial charge in [-0.1, -0.05) is 0 Å². The predicted octanol–water partition coefficient (Wildman–Crippen LogP) is 1.55. The monoisotopic (exact) mass is 308 g/mol. The Kier molecular flexibility index (Phi) is 4.06. The average molecular weight is 308 g/mol. The number of sulfonamides is 1. The van der Waals surface area contributed by atoms with Gasteiger partial charge in [-0.05, 0) is 25.1 Å². The number of aryl methyl sites for hydroxylation is 1. The fourth-order valence-corrected chi connectivity index (χ4v) is 2.90. The van der Waals surface area contributed by atoms with Crippen molar-refractivity contribution in [2.45, 2.75) is 18.5 Å². The van der Waals surface area contributed by atoms with Crippen LogP contribution < -0.4 is 0 Å². The van der Waals surface area contributed by atoms with Crippen LogP contribution in [0.3, 0.4) is 0 Å². The van der Waals surface area contributed by atoms with Crippen molar-refractivity contribution in [2.24, 2.45) is 0 Å². The molecular formula is C13H13FN4O2S. The number of benzene rings is 1. The number of halogens is 1. The minimum atomic E-state index is -3.79.